The lowest BCUT2D eigenvalue weighted by atomic mass is 9.98. The van der Waals surface area contributed by atoms with Crippen molar-refractivity contribution in [2.24, 2.45) is 5.73 Å². The second kappa shape index (κ2) is 2.72. The van der Waals surface area contributed by atoms with Crippen LogP contribution in [0.2, 0.25) is 0 Å². The Kier molecular flexibility index (Phi) is 2.03. The highest BCUT2D eigenvalue weighted by molar-refractivity contribution is 5.83. The first kappa shape index (κ1) is 8.95. The van der Waals surface area contributed by atoms with Crippen molar-refractivity contribution in [2.75, 3.05) is 6.54 Å². The average Bonchev–Trinajstić information content (AvgIpc) is 2.33. The fourth-order valence-electron chi connectivity index (χ4n) is 1.15. The van der Waals surface area contributed by atoms with E-state index in [2.05, 4.69) is 5.32 Å². The van der Waals surface area contributed by atoms with Crippen molar-refractivity contribution < 1.29 is 19.8 Å². The van der Waals surface area contributed by atoms with Crippen molar-refractivity contribution >= 4 is 11.9 Å². The summed E-state index contributed by atoms with van der Waals surface area (Å²) in [6.07, 6.45) is -0.0718. The van der Waals surface area contributed by atoms with Crippen LogP contribution in [0.25, 0.3) is 0 Å². The maximum atomic E-state index is 10.5. The summed E-state index contributed by atoms with van der Waals surface area (Å²) >= 11 is 0. The quantitative estimate of drug-likeness (QED) is 0.393. The molecule has 1 aliphatic rings. The molecule has 1 fully saturated rings. The molecule has 0 spiro atoms. The third-order valence-corrected chi connectivity index (χ3v) is 1.96. The van der Waals surface area contributed by atoms with Gasteiger partial charge in [-0.25, -0.2) is 0 Å². The Labute approximate surface area is 68.4 Å². The van der Waals surface area contributed by atoms with E-state index in [1.54, 1.807) is 0 Å². The van der Waals surface area contributed by atoms with E-state index in [0.717, 1.165) is 0 Å². The predicted octanol–water partition coefficient (Wildman–Crippen LogP) is -1.78. The van der Waals surface area contributed by atoms with Crippen LogP contribution in [0.4, 0.5) is 0 Å². The minimum Gasteiger partial charge on any atom is -0.480 e. The van der Waals surface area contributed by atoms with Gasteiger partial charge in [0, 0.05) is 13.0 Å². The van der Waals surface area contributed by atoms with E-state index in [4.69, 9.17) is 15.9 Å². The molecule has 12 heavy (non-hydrogen) atoms. The molecule has 1 rings (SSSR count). The molecular weight excluding hydrogens is 164 g/mol. The van der Waals surface area contributed by atoms with Gasteiger partial charge in [-0.15, -0.1) is 0 Å². The van der Waals surface area contributed by atoms with Crippen molar-refractivity contribution in [1.82, 2.24) is 5.32 Å². The average molecular weight is 174 g/mol. The molecule has 0 saturated carbocycles. The lowest BCUT2D eigenvalue weighted by Gasteiger charge is -2.15. The second-order valence-corrected chi connectivity index (χ2v) is 2.94. The molecule has 1 heterocycles. The summed E-state index contributed by atoms with van der Waals surface area (Å²) in [6, 6.07) is -0.842. The molecule has 0 amide bonds. The van der Waals surface area contributed by atoms with Crippen LogP contribution >= 0.6 is 0 Å². The fourth-order valence-corrected chi connectivity index (χ4v) is 1.15. The van der Waals surface area contributed by atoms with Gasteiger partial charge in [0.1, 0.15) is 11.6 Å². The molecule has 1 aliphatic heterocycles. The number of aliphatic carboxylic acids is 2. The SMILES string of the molecule is N[C@]1(C(=O)O)CN[C@H](C(=O)O)C1. The summed E-state index contributed by atoms with van der Waals surface area (Å²) in [7, 11) is 0. The Bertz CT molecular complexity index is 230. The molecule has 0 aliphatic carbocycles. The topological polar surface area (TPSA) is 113 Å². The molecular formula is C6H10N2O4. The normalized spacial score (nSPS) is 34.9. The van der Waals surface area contributed by atoms with E-state index in [1.165, 1.54) is 0 Å². The molecule has 0 aromatic carbocycles. The minimum absolute atomic E-state index is 0.000694. The van der Waals surface area contributed by atoms with Gasteiger partial charge in [0.2, 0.25) is 0 Å². The van der Waals surface area contributed by atoms with E-state index < -0.39 is 23.5 Å². The van der Waals surface area contributed by atoms with Crippen LogP contribution in [0, 0.1) is 0 Å². The number of carboxylic acids is 2. The molecule has 6 nitrogen and oxygen atoms in total. The standard InChI is InChI=1S/C6H10N2O4/c7-6(5(11)12)1-3(4(9)10)8-2-6/h3,8H,1-2,7H2,(H,9,10)(H,11,12)/t3-,6-/m0/s1. The van der Waals surface area contributed by atoms with Crippen LogP contribution in [0.15, 0.2) is 0 Å². The Morgan fingerprint density at radius 1 is 1.50 bits per heavy atom. The smallest absolute Gasteiger partial charge is 0.325 e. The highest BCUT2D eigenvalue weighted by Gasteiger charge is 2.44. The predicted molar refractivity (Wildman–Crippen MR) is 38.6 cm³/mol. The molecule has 5 N–H and O–H groups in total. The van der Waals surface area contributed by atoms with Crippen LogP contribution in [-0.4, -0.2) is 40.3 Å². The van der Waals surface area contributed by atoms with Gasteiger partial charge >= 0.3 is 11.9 Å². The molecule has 6 heteroatoms. The van der Waals surface area contributed by atoms with Gasteiger partial charge < -0.3 is 21.3 Å². The highest BCUT2D eigenvalue weighted by atomic mass is 16.4. The maximum Gasteiger partial charge on any atom is 0.325 e. The Balaban J connectivity index is 2.67. The van der Waals surface area contributed by atoms with E-state index in [1.807, 2.05) is 0 Å². The monoisotopic (exact) mass is 174 g/mol. The number of hydrogen-bond donors (Lipinski definition) is 4. The zero-order valence-electron chi connectivity index (χ0n) is 6.28. The zero-order valence-corrected chi connectivity index (χ0v) is 6.28. The van der Waals surface area contributed by atoms with Crippen LogP contribution in [0.5, 0.6) is 0 Å². The number of rotatable bonds is 2. The highest BCUT2D eigenvalue weighted by Crippen LogP contribution is 2.16. The van der Waals surface area contributed by atoms with Gasteiger partial charge in [0.25, 0.3) is 0 Å². The van der Waals surface area contributed by atoms with Crippen molar-refractivity contribution in [3.8, 4) is 0 Å². The molecule has 1 saturated heterocycles. The Morgan fingerprint density at radius 3 is 2.33 bits per heavy atom. The van der Waals surface area contributed by atoms with Gasteiger partial charge in [-0.2, -0.15) is 0 Å². The van der Waals surface area contributed by atoms with Crippen molar-refractivity contribution in [1.29, 1.82) is 0 Å². The van der Waals surface area contributed by atoms with Crippen molar-refractivity contribution in [2.45, 2.75) is 18.0 Å². The number of nitrogens with two attached hydrogens (primary N) is 1. The molecule has 68 valence electrons. The maximum absolute atomic E-state index is 10.5. The lowest BCUT2D eigenvalue weighted by Crippen LogP contribution is -2.49. The fraction of sp³-hybridized carbons (Fsp3) is 0.667. The minimum atomic E-state index is -1.43. The summed E-state index contributed by atoms with van der Waals surface area (Å²) < 4.78 is 0. The van der Waals surface area contributed by atoms with Gasteiger partial charge in [-0.05, 0) is 0 Å². The molecule has 2 atom stereocenters. The summed E-state index contributed by atoms with van der Waals surface area (Å²) in [4.78, 5) is 20.9. The number of nitrogens with one attached hydrogen (secondary N) is 1. The van der Waals surface area contributed by atoms with Gasteiger partial charge in [-0.1, -0.05) is 0 Å². The van der Waals surface area contributed by atoms with Crippen LogP contribution in [0.3, 0.4) is 0 Å². The Hall–Kier alpha value is -1.14. The summed E-state index contributed by atoms with van der Waals surface area (Å²) in [6.45, 7) is -0.000694. The summed E-state index contributed by atoms with van der Waals surface area (Å²) in [5, 5.41) is 19.7. The number of hydrogen-bond acceptors (Lipinski definition) is 4. The van der Waals surface area contributed by atoms with Gasteiger partial charge in [-0.3, -0.25) is 9.59 Å². The molecule has 0 bridgehead atoms. The Morgan fingerprint density at radius 2 is 2.08 bits per heavy atom. The third-order valence-electron chi connectivity index (χ3n) is 1.96. The van der Waals surface area contributed by atoms with Crippen molar-refractivity contribution in [3.05, 3.63) is 0 Å². The number of carboxylic acid groups (broad SMARTS) is 2. The van der Waals surface area contributed by atoms with Crippen LogP contribution in [-0.2, 0) is 9.59 Å². The first-order valence-electron chi connectivity index (χ1n) is 3.44. The largest absolute Gasteiger partial charge is 0.480 e. The van der Waals surface area contributed by atoms with Crippen LogP contribution in [0.1, 0.15) is 6.42 Å². The van der Waals surface area contributed by atoms with Gasteiger partial charge in [0.15, 0.2) is 0 Å². The molecule has 0 aromatic rings. The molecule has 0 radical (unpaired) electrons. The van der Waals surface area contributed by atoms with E-state index in [9.17, 15) is 9.59 Å². The van der Waals surface area contributed by atoms with E-state index in [0.29, 0.717) is 0 Å². The molecule has 0 unspecified atom stereocenters. The third kappa shape index (κ3) is 1.39. The summed E-state index contributed by atoms with van der Waals surface area (Å²) in [5.41, 5.74) is 3.98. The van der Waals surface area contributed by atoms with Crippen LogP contribution < -0.4 is 11.1 Å². The first-order valence-corrected chi connectivity index (χ1v) is 3.44. The van der Waals surface area contributed by atoms with Gasteiger partial charge in [0.05, 0.1) is 0 Å². The molecule has 0 aromatic heterocycles. The van der Waals surface area contributed by atoms with Crippen molar-refractivity contribution in [3.63, 3.8) is 0 Å². The summed E-state index contributed by atoms with van der Waals surface area (Å²) in [5.74, 6) is -2.23. The lowest BCUT2D eigenvalue weighted by molar-refractivity contribution is -0.142. The van der Waals surface area contributed by atoms with E-state index in [-0.39, 0.29) is 13.0 Å². The first-order chi connectivity index (χ1) is 5.46. The number of carbonyl (C=O) groups is 2. The van der Waals surface area contributed by atoms with E-state index >= 15 is 0 Å². The zero-order chi connectivity index (χ0) is 9.35. The second-order valence-electron chi connectivity index (χ2n) is 2.94.